The smallest absolute Gasteiger partial charge is 0.232 e. The largest absolute Gasteiger partial charge is 0.477 e. The van der Waals surface area contributed by atoms with Gasteiger partial charge >= 0.3 is 0 Å². The number of amidine groups is 1. The zero-order valence-corrected chi connectivity index (χ0v) is 10.3. The van der Waals surface area contributed by atoms with Gasteiger partial charge in [0.2, 0.25) is 5.88 Å². The predicted octanol–water partition coefficient (Wildman–Crippen LogP) is 2.11. The molecule has 0 saturated carbocycles. The number of unbranched alkanes of at least 4 members (excludes halogenated alkanes) is 4. The summed E-state index contributed by atoms with van der Waals surface area (Å²) in [6.45, 7) is 2.86. The molecule has 5 heteroatoms. The van der Waals surface area contributed by atoms with E-state index in [0.29, 0.717) is 18.2 Å². The van der Waals surface area contributed by atoms with Crippen molar-refractivity contribution < 1.29 is 4.74 Å². The van der Waals surface area contributed by atoms with Crippen LogP contribution in [0.3, 0.4) is 0 Å². The lowest BCUT2D eigenvalue weighted by Gasteiger charge is -2.05. The van der Waals surface area contributed by atoms with Gasteiger partial charge in [0.1, 0.15) is 11.5 Å². The van der Waals surface area contributed by atoms with Crippen molar-refractivity contribution in [3.05, 3.63) is 18.1 Å². The number of hydrogen-bond acceptors (Lipinski definition) is 4. The summed E-state index contributed by atoms with van der Waals surface area (Å²) in [5.41, 5.74) is 5.65. The third-order valence-corrected chi connectivity index (χ3v) is 2.40. The quantitative estimate of drug-likeness (QED) is 0.411. The second-order valence-electron chi connectivity index (χ2n) is 3.92. The zero-order valence-electron chi connectivity index (χ0n) is 10.3. The molecule has 0 atom stereocenters. The normalized spacial score (nSPS) is 10.2. The lowest BCUT2D eigenvalue weighted by atomic mass is 10.2. The summed E-state index contributed by atoms with van der Waals surface area (Å²) in [6.07, 6.45) is 8.97. The van der Waals surface area contributed by atoms with Gasteiger partial charge in [-0.05, 0) is 6.42 Å². The average Bonchev–Trinajstić information content (AvgIpc) is 2.34. The number of nitrogens with two attached hydrogens (primary N) is 1. The minimum absolute atomic E-state index is 0.0800. The fourth-order valence-corrected chi connectivity index (χ4v) is 1.41. The van der Waals surface area contributed by atoms with Crippen molar-refractivity contribution in [1.29, 1.82) is 5.41 Å². The van der Waals surface area contributed by atoms with Crippen LogP contribution in [0.25, 0.3) is 0 Å². The van der Waals surface area contributed by atoms with Crippen molar-refractivity contribution in [3.63, 3.8) is 0 Å². The number of nitrogen functional groups attached to an aromatic ring is 1. The first-order valence-electron chi connectivity index (χ1n) is 6.03. The summed E-state index contributed by atoms with van der Waals surface area (Å²) >= 11 is 0. The lowest BCUT2D eigenvalue weighted by molar-refractivity contribution is 0.292. The van der Waals surface area contributed by atoms with E-state index in [1.807, 2.05) is 0 Å². The highest BCUT2D eigenvalue weighted by molar-refractivity contribution is 5.92. The fraction of sp³-hybridized carbons (Fsp3) is 0.583. The molecule has 0 aliphatic heterocycles. The molecule has 0 bridgehead atoms. The van der Waals surface area contributed by atoms with Crippen molar-refractivity contribution in [3.8, 4) is 5.88 Å². The van der Waals surface area contributed by atoms with Gasteiger partial charge in [-0.2, -0.15) is 0 Å². The Morgan fingerprint density at radius 3 is 2.59 bits per heavy atom. The highest BCUT2D eigenvalue weighted by Gasteiger charge is 2.00. The number of hydrogen-bond donors (Lipinski definition) is 2. The van der Waals surface area contributed by atoms with Gasteiger partial charge in [-0.3, -0.25) is 5.41 Å². The van der Waals surface area contributed by atoms with E-state index in [-0.39, 0.29) is 5.84 Å². The molecule has 0 aromatic carbocycles. The summed E-state index contributed by atoms with van der Waals surface area (Å²) in [7, 11) is 0. The minimum atomic E-state index is -0.0800. The van der Waals surface area contributed by atoms with E-state index in [9.17, 15) is 0 Å². The topological polar surface area (TPSA) is 84.9 Å². The van der Waals surface area contributed by atoms with Crippen LogP contribution in [-0.2, 0) is 0 Å². The van der Waals surface area contributed by atoms with Crippen LogP contribution in [0.2, 0.25) is 0 Å². The third-order valence-electron chi connectivity index (χ3n) is 2.40. The molecular weight excluding hydrogens is 216 g/mol. The minimum Gasteiger partial charge on any atom is -0.477 e. The Labute approximate surface area is 102 Å². The molecule has 3 N–H and O–H groups in total. The molecule has 0 aliphatic rings. The van der Waals surface area contributed by atoms with Gasteiger partial charge in [-0.1, -0.05) is 32.6 Å². The predicted molar refractivity (Wildman–Crippen MR) is 67.3 cm³/mol. The van der Waals surface area contributed by atoms with E-state index in [2.05, 4.69) is 16.9 Å². The van der Waals surface area contributed by atoms with Gasteiger partial charge in [0.05, 0.1) is 19.0 Å². The highest BCUT2D eigenvalue weighted by Crippen LogP contribution is 2.06. The molecule has 0 radical (unpaired) electrons. The highest BCUT2D eigenvalue weighted by atomic mass is 16.5. The molecule has 0 spiro atoms. The molecule has 0 aliphatic carbocycles. The Hall–Kier alpha value is -1.65. The summed E-state index contributed by atoms with van der Waals surface area (Å²) in [5, 5.41) is 7.17. The van der Waals surface area contributed by atoms with Crippen LogP contribution >= 0.6 is 0 Å². The molecule has 0 amide bonds. The van der Waals surface area contributed by atoms with Gasteiger partial charge in [-0.15, -0.1) is 0 Å². The Morgan fingerprint density at radius 2 is 2.00 bits per heavy atom. The van der Waals surface area contributed by atoms with Crippen LogP contribution in [0.5, 0.6) is 5.88 Å². The van der Waals surface area contributed by atoms with Crippen LogP contribution in [-0.4, -0.2) is 22.4 Å². The molecule has 94 valence electrons. The van der Waals surface area contributed by atoms with Crippen molar-refractivity contribution in [2.75, 3.05) is 6.61 Å². The second-order valence-corrected chi connectivity index (χ2v) is 3.92. The van der Waals surface area contributed by atoms with Crippen LogP contribution in [0, 0.1) is 5.41 Å². The average molecular weight is 236 g/mol. The Balaban J connectivity index is 2.21. The standard InChI is InChI=1S/C12H20N4O/c1-2-3-4-5-6-7-17-11-9-15-10(8-16-11)12(13)14/h8-9H,2-7H2,1H3,(H3,13,14). The van der Waals surface area contributed by atoms with E-state index < -0.39 is 0 Å². The van der Waals surface area contributed by atoms with Gasteiger partial charge in [0, 0.05) is 0 Å². The molecule has 1 aromatic rings. The number of aromatic nitrogens is 2. The maximum atomic E-state index is 7.17. The molecule has 5 nitrogen and oxygen atoms in total. The molecule has 1 heterocycles. The van der Waals surface area contributed by atoms with E-state index in [4.69, 9.17) is 15.9 Å². The molecule has 0 fully saturated rings. The van der Waals surface area contributed by atoms with Crippen molar-refractivity contribution in [1.82, 2.24) is 9.97 Å². The van der Waals surface area contributed by atoms with Crippen molar-refractivity contribution in [2.45, 2.75) is 39.0 Å². The van der Waals surface area contributed by atoms with Gasteiger partial charge in [0.25, 0.3) is 0 Å². The molecule has 17 heavy (non-hydrogen) atoms. The Bertz CT molecular complexity index is 337. The Morgan fingerprint density at radius 1 is 1.24 bits per heavy atom. The first-order chi connectivity index (χ1) is 8.24. The number of rotatable bonds is 8. The van der Waals surface area contributed by atoms with E-state index in [1.54, 1.807) is 0 Å². The summed E-state index contributed by atoms with van der Waals surface area (Å²) < 4.78 is 5.44. The van der Waals surface area contributed by atoms with Crippen LogP contribution in [0.15, 0.2) is 12.4 Å². The fourth-order valence-electron chi connectivity index (χ4n) is 1.41. The SMILES string of the molecule is CCCCCCCOc1cnc(C(=N)N)cn1. The maximum Gasteiger partial charge on any atom is 0.232 e. The van der Waals surface area contributed by atoms with E-state index in [1.165, 1.54) is 38.1 Å². The monoisotopic (exact) mass is 236 g/mol. The zero-order chi connectivity index (χ0) is 12.5. The number of nitrogens with zero attached hydrogens (tertiary/aromatic N) is 2. The summed E-state index contributed by atoms with van der Waals surface area (Å²) in [4.78, 5) is 8.00. The first-order valence-corrected chi connectivity index (χ1v) is 6.03. The van der Waals surface area contributed by atoms with Gasteiger partial charge in [-0.25, -0.2) is 9.97 Å². The second kappa shape index (κ2) is 7.60. The Kier molecular flexibility index (Phi) is 5.99. The lowest BCUT2D eigenvalue weighted by Crippen LogP contribution is -2.13. The van der Waals surface area contributed by atoms with Crippen molar-refractivity contribution >= 4 is 5.84 Å². The molecule has 1 rings (SSSR count). The van der Waals surface area contributed by atoms with E-state index in [0.717, 1.165) is 6.42 Å². The number of nitrogens with one attached hydrogen (secondary N) is 1. The van der Waals surface area contributed by atoms with Crippen LogP contribution in [0.4, 0.5) is 0 Å². The summed E-state index contributed by atoms with van der Waals surface area (Å²) in [6, 6.07) is 0. The van der Waals surface area contributed by atoms with Crippen LogP contribution < -0.4 is 10.5 Å². The number of ether oxygens (including phenoxy) is 1. The molecule has 1 aromatic heterocycles. The van der Waals surface area contributed by atoms with Gasteiger partial charge in [0.15, 0.2) is 0 Å². The molecular formula is C12H20N4O. The van der Waals surface area contributed by atoms with Gasteiger partial charge < -0.3 is 10.5 Å². The molecule has 0 unspecified atom stereocenters. The van der Waals surface area contributed by atoms with Crippen molar-refractivity contribution in [2.24, 2.45) is 5.73 Å². The third kappa shape index (κ3) is 5.29. The first kappa shape index (κ1) is 13.4. The van der Waals surface area contributed by atoms with Crippen LogP contribution in [0.1, 0.15) is 44.7 Å². The summed E-state index contributed by atoms with van der Waals surface area (Å²) in [5.74, 6) is 0.411. The van der Waals surface area contributed by atoms with E-state index >= 15 is 0 Å². The maximum absolute atomic E-state index is 7.17. The molecule has 0 saturated heterocycles.